The van der Waals surface area contributed by atoms with Gasteiger partial charge in [-0.25, -0.2) is 0 Å². The lowest BCUT2D eigenvalue weighted by atomic mass is 9.98. The third-order valence-electron chi connectivity index (χ3n) is 4.68. The van der Waals surface area contributed by atoms with E-state index in [4.69, 9.17) is 9.47 Å². The lowest BCUT2D eigenvalue weighted by molar-refractivity contribution is -0.0352. The Morgan fingerprint density at radius 3 is 2.71 bits per heavy atom. The van der Waals surface area contributed by atoms with Gasteiger partial charge >= 0.3 is 0 Å². The summed E-state index contributed by atoms with van der Waals surface area (Å²) >= 11 is 0. The Hall–Kier alpha value is -0.120. The van der Waals surface area contributed by atoms with Crippen LogP contribution in [0, 0.1) is 5.92 Å². The third-order valence-corrected chi connectivity index (χ3v) is 4.68. The maximum atomic E-state index is 6.28. The first-order chi connectivity index (χ1) is 8.36. The van der Waals surface area contributed by atoms with Crippen molar-refractivity contribution < 1.29 is 9.47 Å². The number of ether oxygens (including phenoxy) is 2. The summed E-state index contributed by atoms with van der Waals surface area (Å²) < 4.78 is 11.7. The molecule has 2 atom stereocenters. The molecule has 0 aromatic carbocycles. The fourth-order valence-corrected chi connectivity index (χ4v) is 3.62. The van der Waals surface area contributed by atoms with Gasteiger partial charge in [0.15, 0.2) is 0 Å². The molecular formula is C14H25NO2. The van der Waals surface area contributed by atoms with Crippen LogP contribution in [0.4, 0.5) is 0 Å². The van der Waals surface area contributed by atoms with Crippen molar-refractivity contribution in [3.8, 4) is 0 Å². The molecule has 2 aliphatic heterocycles. The Balaban J connectivity index is 1.36. The van der Waals surface area contributed by atoms with Gasteiger partial charge < -0.3 is 14.8 Å². The fraction of sp³-hybridized carbons (Fsp3) is 1.00. The van der Waals surface area contributed by atoms with Crippen molar-refractivity contribution in [2.45, 2.75) is 56.7 Å². The molecule has 1 spiro atoms. The molecule has 0 aromatic rings. The van der Waals surface area contributed by atoms with E-state index in [-0.39, 0.29) is 0 Å². The largest absolute Gasteiger partial charge is 0.381 e. The maximum Gasteiger partial charge on any atom is 0.0708 e. The Morgan fingerprint density at radius 2 is 1.94 bits per heavy atom. The maximum absolute atomic E-state index is 6.28. The zero-order valence-electron chi connectivity index (χ0n) is 10.7. The fourth-order valence-electron chi connectivity index (χ4n) is 3.62. The average Bonchev–Trinajstić information content (AvgIpc) is 3.04. The Morgan fingerprint density at radius 1 is 1.06 bits per heavy atom. The topological polar surface area (TPSA) is 30.5 Å². The van der Waals surface area contributed by atoms with Gasteiger partial charge in [0.2, 0.25) is 0 Å². The number of hydrogen-bond acceptors (Lipinski definition) is 3. The lowest BCUT2D eigenvalue weighted by Gasteiger charge is -2.24. The SMILES string of the molecule is C1CCC2(C1)CCC(CNCC1CCOC1)O2. The summed E-state index contributed by atoms with van der Waals surface area (Å²) in [6, 6.07) is 0. The van der Waals surface area contributed by atoms with Gasteiger partial charge in [0.25, 0.3) is 0 Å². The molecule has 1 aliphatic carbocycles. The van der Waals surface area contributed by atoms with Crippen molar-refractivity contribution in [1.29, 1.82) is 0 Å². The van der Waals surface area contributed by atoms with Crippen LogP contribution in [0.1, 0.15) is 44.9 Å². The van der Waals surface area contributed by atoms with E-state index >= 15 is 0 Å². The van der Waals surface area contributed by atoms with Gasteiger partial charge in [-0.2, -0.15) is 0 Å². The minimum atomic E-state index is 0.294. The summed E-state index contributed by atoms with van der Waals surface area (Å²) in [4.78, 5) is 0. The van der Waals surface area contributed by atoms with Gasteiger partial charge in [-0.1, -0.05) is 12.8 Å². The van der Waals surface area contributed by atoms with E-state index in [9.17, 15) is 0 Å². The lowest BCUT2D eigenvalue weighted by Crippen LogP contribution is -2.33. The van der Waals surface area contributed by atoms with E-state index in [1.54, 1.807) is 0 Å². The summed E-state index contributed by atoms with van der Waals surface area (Å²) in [7, 11) is 0. The van der Waals surface area contributed by atoms with Gasteiger partial charge in [-0.05, 0) is 38.0 Å². The Bertz CT molecular complexity index is 245. The van der Waals surface area contributed by atoms with E-state index in [2.05, 4.69) is 5.32 Å². The number of hydrogen-bond donors (Lipinski definition) is 1. The van der Waals surface area contributed by atoms with Crippen molar-refractivity contribution in [3.05, 3.63) is 0 Å². The Labute approximate surface area is 104 Å². The Kier molecular flexibility index (Phi) is 3.69. The van der Waals surface area contributed by atoms with Gasteiger partial charge in [0, 0.05) is 19.7 Å². The van der Waals surface area contributed by atoms with Gasteiger partial charge in [0.05, 0.1) is 18.3 Å². The molecule has 2 unspecified atom stereocenters. The molecule has 0 aromatic heterocycles. The highest BCUT2D eigenvalue weighted by Crippen LogP contribution is 2.43. The minimum absolute atomic E-state index is 0.294. The summed E-state index contributed by atoms with van der Waals surface area (Å²) in [6.07, 6.45) is 9.61. The zero-order chi connectivity index (χ0) is 11.6. The smallest absolute Gasteiger partial charge is 0.0708 e. The first-order valence-corrected chi connectivity index (χ1v) is 7.33. The van der Waals surface area contributed by atoms with Crippen molar-refractivity contribution in [2.24, 2.45) is 5.92 Å². The van der Waals surface area contributed by atoms with Crippen LogP contribution in [0.3, 0.4) is 0 Å². The first-order valence-electron chi connectivity index (χ1n) is 7.33. The third kappa shape index (κ3) is 2.83. The highest BCUT2D eigenvalue weighted by molar-refractivity contribution is 4.93. The quantitative estimate of drug-likeness (QED) is 0.815. The van der Waals surface area contributed by atoms with E-state index < -0.39 is 0 Å². The van der Waals surface area contributed by atoms with Crippen molar-refractivity contribution in [1.82, 2.24) is 5.32 Å². The number of nitrogens with one attached hydrogen (secondary N) is 1. The van der Waals surface area contributed by atoms with Gasteiger partial charge in [0.1, 0.15) is 0 Å². The molecule has 3 fully saturated rings. The van der Waals surface area contributed by atoms with Crippen LogP contribution in [0.25, 0.3) is 0 Å². The highest BCUT2D eigenvalue weighted by Gasteiger charge is 2.41. The first kappa shape index (κ1) is 11.9. The molecule has 0 radical (unpaired) electrons. The molecule has 0 bridgehead atoms. The number of rotatable bonds is 4. The van der Waals surface area contributed by atoms with Crippen LogP contribution in [-0.4, -0.2) is 38.0 Å². The molecule has 1 N–H and O–H groups in total. The van der Waals surface area contributed by atoms with Crippen molar-refractivity contribution >= 4 is 0 Å². The monoisotopic (exact) mass is 239 g/mol. The van der Waals surface area contributed by atoms with E-state index in [1.165, 1.54) is 44.9 Å². The second kappa shape index (κ2) is 5.25. The molecule has 98 valence electrons. The molecular weight excluding hydrogens is 214 g/mol. The van der Waals surface area contributed by atoms with E-state index in [0.717, 1.165) is 32.2 Å². The van der Waals surface area contributed by atoms with Crippen LogP contribution in [0.2, 0.25) is 0 Å². The van der Waals surface area contributed by atoms with Crippen LogP contribution < -0.4 is 5.32 Å². The zero-order valence-corrected chi connectivity index (χ0v) is 10.7. The summed E-state index contributed by atoms with van der Waals surface area (Å²) in [5.41, 5.74) is 0.294. The molecule has 3 heteroatoms. The predicted octanol–water partition coefficient (Wildman–Crippen LogP) is 2.10. The second-order valence-electron chi connectivity index (χ2n) is 6.06. The minimum Gasteiger partial charge on any atom is -0.381 e. The molecule has 2 saturated heterocycles. The molecule has 3 aliphatic rings. The molecule has 2 heterocycles. The highest BCUT2D eigenvalue weighted by atomic mass is 16.5. The van der Waals surface area contributed by atoms with Crippen LogP contribution in [0.15, 0.2) is 0 Å². The van der Waals surface area contributed by atoms with Gasteiger partial charge in [-0.3, -0.25) is 0 Å². The molecule has 1 saturated carbocycles. The predicted molar refractivity (Wildman–Crippen MR) is 67.1 cm³/mol. The van der Waals surface area contributed by atoms with Crippen molar-refractivity contribution in [2.75, 3.05) is 26.3 Å². The standard InChI is InChI=1S/C14H25NO2/c1-2-6-14(5-1)7-3-13(17-14)10-15-9-12-4-8-16-11-12/h12-13,15H,1-11H2. The van der Waals surface area contributed by atoms with Crippen LogP contribution in [0.5, 0.6) is 0 Å². The summed E-state index contributed by atoms with van der Waals surface area (Å²) in [5.74, 6) is 0.733. The average molecular weight is 239 g/mol. The second-order valence-corrected chi connectivity index (χ2v) is 6.06. The van der Waals surface area contributed by atoms with Crippen LogP contribution >= 0.6 is 0 Å². The molecule has 17 heavy (non-hydrogen) atoms. The van der Waals surface area contributed by atoms with Crippen molar-refractivity contribution in [3.63, 3.8) is 0 Å². The van der Waals surface area contributed by atoms with Gasteiger partial charge in [-0.15, -0.1) is 0 Å². The normalized spacial score (nSPS) is 36.0. The molecule has 0 amide bonds. The van der Waals surface area contributed by atoms with Crippen LogP contribution in [-0.2, 0) is 9.47 Å². The molecule has 3 rings (SSSR count). The summed E-state index contributed by atoms with van der Waals surface area (Å²) in [5, 5.41) is 3.57. The van der Waals surface area contributed by atoms with E-state index in [0.29, 0.717) is 11.7 Å². The van der Waals surface area contributed by atoms with E-state index in [1.807, 2.05) is 0 Å². The molecule has 3 nitrogen and oxygen atoms in total. The summed E-state index contributed by atoms with van der Waals surface area (Å²) in [6.45, 7) is 4.04.